The van der Waals surface area contributed by atoms with Gasteiger partial charge in [-0.2, -0.15) is 0 Å². The SMILES string of the molecule is Cc1cc(F)ccc1-c1ccccc1[C@@H]1CNC[C@H]1C(=O)N1CCOC[C@@H]1c1ccccc1. The number of aryl methyl sites for hydroxylation is 1. The van der Waals surface area contributed by atoms with Gasteiger partial charge in [-0.05, 0) is 46.9 Å². The van der Waals surface area contributed by atoms with Gasteiger partial charge in [0.25, 0.3) is 0 Å². The first-order valence-electron chi connectivity index (χ1n) is 11.6. The number of morpholine rings is 1. The minimum absolute atomic E-state index is 0.0532. The lowest BCUT2D eigenvalue weighted by atomic mass is 9.82. The maximum absolute atomic E-state index is 13.9. The van der Waals surface area contributed by atoms with Crippen LogP contribution in [0.25, 0.3) is 11.1 Å². The third kappa shape index (κ3) is 4.31. The van der Waals surface area contributed by atoms with Gasteiger partial charge < -0.3 is 15.0 Å². The van der Waals surface area contributed by atoms with E-state index in [0.717, 1.165) is 34.4 Å². The zero-order chi connectivity index (χ0) is 22.8. The first-order valence-corrected chi connectivity index (χ1v) is 11.6. The number of nitrogens with zero attached hydrogens (tertiary/aromatic N) is 1. The highest BCUT2D eigenvalue weighted by Gasteiger charge is 2.40. The largest absolute Gasteiger partial charge is 0.377 e. The molecule has 1 amide bonds. The molecule has 1 N–H and O–H groups in total. The molecule has 0 bridgehead atoms. The van der Waals surface area contributed by atoms with Crippen LogP contribution in [0.5, 0.6) is 0 Å². The van der Waals surface area contributed by atoms with Crippen LogP contribution in [0.15, 0.2) is 72.8 Å². The number of hydrogen-bond donors (Lipinski definition) is 1. The summed E-state index contributed by atoms with van der Waals surface area (Å²) in [4.78, 5) is 15.9. The van der Waals surface area contributed by atoms with Crippen molar-refractivity contribution in [2.75, 3.05) is 32.8 Å². The van der Waals surface area contributed by atoms with E-state index < -0.39 is 0 Å². The Morgan fingerprint density at radius 1 is 1.00 bits per heavy atom. The van der Waals surface area contributed by atoms with Gasteiger partial charge >= 0.3 is 0 Å². The fraction of sp³-hybridized carbons (Fsp3) is 0.321. The summed E-state index contributed by atoms with van der Waals surface area (Å²) in [5, 5.41) is 3.46. The topological polar surface area (TPSA) is 41.6 Å². The summed E-state index contributed by atoms with van der Waals surface area (Å²) in [6, 6.07) is 23.2. The van der Waals surface area contributed by atoms with Crippen molar-refractivity contribution in [3.8, 4) is 11.1 Å². The Bertz CT molecular complexity index is 1130. The van der Waals surface area contributed by atoms with Crippen molar-refractivity contribution in [1.29, 1.82) is 0 Å². The number of carbonyl (C=O) groups excluding carboxylic acids is 1. The highest BCUT2D eigenvalue weighted by Crippen LogP contribution is 2.38. The summed E-state index contributed by atoms with van der Waals surface area (Å²) in [6.07, 6.45) is 0. The Balaban J connectivity index is 1.47. The Morgan fingerprint density at radius 2 is 1.79 bits per heavy atom. The van der Waals surface area contributed by atoms with Crippen LogP contribution in [0, 0.1) is 18.7 Å². The second kappa shape index (κ2) is 9.46. The summed E-state index contributed by atoms with van der Waals surface area (Å²) in [6.45, 7) is 5.01. The Morgan fingerprint density at radius 3 is 2.61 bits per heavy atom. The molecule has 5 heteroatoms. The van der Waals surface area contributed by atoms with E-state index in [2.05, 4.69) is 29.6 Å². The predicted molar refractivity (Wildman–Crippen MR) is 127 cm³/mol. The van der Waals surface area contributed by atoms with Crippen molar-refractivity contribution < 1.29 is 13.9 Å². The fourth-order valence-electron chi connectivity index (χ4n) is 5.29. The van der Waals surface area contributed by atoms with Crippen LogP contribution in [0.3, 0.4) is 0 Å². The highest BCUT2D eigenvalue weighted by molar-refractivity contribution is 5.82. The van der Waals surface area contributed by atoms with Crippen LogP contribution >= 0.6 is 0 Å². The molecule has 3 aromatic carbocycles. The van der Waals surface area contributed by atoms with Crippen molar-refractivity contribution >= 4 is 5.91 Å². The average molecular weight is 445 g/mol. The van der Waals surface area contributed by atoms with Crippen LogP contribution < -0.4 is 5.32 Å². The number of nitrogens with one attached hydrogen (secondary N) is 1. The summed E-state index contributed by atoms with van der Waals surface area (Å²) < 4.78 is 19.5. The van der Waals surface area contributed by atoms with Crippen LogP contribution in [0.2, 0.25) is 0 Å². The molecule has 0 aromatic heterocycles. The molecule has 0 radical (unpaired) electrons. The van der Waals surface area contributed by atoms with Gasteiger partial charge in [-0.3, -0.25) is 4.79 Å². The standard InChI is InChI=1S/C28H29FN2O2/c1-19-15-21(29)11-12-22(19)23-9-5-6-10-24(23)25-16-30-17-26(25)28(32)31-13-14-33-18-27(31)20-7-3-2-4-8-20/h2-12,15,25-27,30H,13-14,16-18H2,1H3/t25-,26+,27+/m0/s1. The lowest BCUT2D eigenvalue weighted by Gasteiger charge is -2.38. The number of benzene rings is 3. The molecule has 2 saturated heterocycles. The van der Waals surface area contributed by atoms with E-state index in [9.17, 15) is 9.18 Å². The third-order valence-corrected chi connectivity index (χ3v) is 6.97. The number of carbonyl (C=O) groups is 1. The summed E-state index contributed by atoms with van der Waals surface area (Å²) >= 11 is 0. The lowest BCUT2D eigenvalue weighted by molar-refractivity contribution is -0.144. The number of rotatable bonds is 4. The summed E-state index contributed by atoms with van der Waals surface area (Å²) in [5.41, 5.74) is 5.23. The Hall–Kier alpha value is -3.02. The van der Waals surface area contributed by atoms with Gasteiger partial charge in [-0.15, -0.1) is 0 Å². The molecule has 2 aliphatic heterocycles. The number of hydrogen-bond acceptors (Lipinski definition) is 3. The van der Waals surface area contributed by atoms with E-state index in [1.54, 1.807) is 6.07 Å². The quantitative estimate of drug-likeness (QED) is 0.634. The van der Waals surface area contributed by atoms with E-state index >= 15 is 0 Å². The molecule has 0 unspecified atom stereocenters. The van der Waals surface area contributed by atoms with Crippen molar-refractivity contribution in [1.82, 2.24) is 10.2 Å². The van der Waals surface area contributed by atoms with E-state index in [0.29, 0.717) is 26.3 Å². The molecule has 0 aliphatic carbocycles. The maximum atomic E-state index is 13.9. The summed E-state index contributed by atoms with van der Waals surface area (Å²) in [7, 11) is 0. The van der Waals surface area contributed by atoms with Gasteiger partial charge in [0.05, 0.1) is 25.2 Å². The van der Waals surface area contributed by atoms with E-state index in [1.807, 2.05) is 48.2 Å². The zero-order valence-corrected chi connectivity index (χ0v) is 18.8. The fourth-order valence-corrected chi connectivity index (χ4v) is 5.29. The second-order valence-electron chi connectivity index (χ2n) is 8.95. The van der Waals surface area contributed by atoms with Crippen LogP contribution in [0.1, 0.15) is 28.7 Å². The minimum atomic E-state index is -0.233. The minimum Gasteiger partial charge on any atom is -0.377 e. The Kier molecular flexibility index (Phi) is 6.25. The molecule has 4 nitrogen and oxygen atoms in total. The van der Waals surface area contributed by atoms with E-state index in [-0.39, 0.29) is 29.6 Å². The van der Waals surface area contributed by atoms with Gasteiger partial charge in [0, 0.05) is 25.6 Å². The lowest BCUT2D eigenvalue weighted by Crippen LogP contribution is -2.47. The molecule has 3 aromatic rings. The predicted octanol–water partition coefficient (Wildman–Crippen LogP) is 4.70. The molecule has 0 saturated carbocycles. The van der Waals surface area contributed by atoms with Gasteiger partial charge in [0.2, 0.25) is 5.91 Å². The van der Waals surface area contributed by atoms with Gasteiger partial charge in [-0.25, -0.2) is 4.39 Å². The van der Waals surface area contributed by atoms with E-state index in [1.165, 1.54) is 6.07 Å². The second-order valence-corrected chi connectivity index (χ2v) is 8.95. The molecule has 3 atom stereocenters. The highest BCUT2D eigenvalue weighted by atomic mass is 19.1. The molecular formula is C28H29FN2O2. The Labute approximate surface area is 194 Å². The maximum Gasteiger partial charge on any atom is 0.228 e. The number of amides is 1. The van der Waals surface area contributed by atoms with Crippen LogP contribution in [-0.4, -0.2) is 43.7 Å². The molecular weight excluding hydrogens is 415 g/mol. The van der Waals surface area contributed by atoms with E-state index in [4.69, 9.17) is 4.74 Å². The number of halogens is 1. The first kappa shape index (κ1) is 21.8. The van der Waals surface area contributed by atoms with Crippen molar-refractivity contribution in [3.05, 3.63) is 95.3 Å². The van der Waals surface area contributed by atoms with Crippen molar-refractivity contribution in [2.45, 2.75) is 18.9 Å². The molecule has 33 heavy (non-hydrogen) atoms. The third-order valence-electron chi connectivity index (χ3n) is 6.97. The molecule has 170 valence electrons. The number of ether oxygens (including phenoxy) is 1. The van der Waals surface area contributed by atoms with Crippen molar-refractivity contribution in [2.24, 2.45) is 5.92 Å². The molecule has 2 heterocycles. The normalized spacial score (nSPS) is 23.0. The smallest absolute Gasteiger partial charge is 0.228 e. The molecule has 2 aliphatic rings. The zero-order valence-electron chi connectivity index (χ0n) is 18.8. The van der Waals surface area contributed by atoms with Gasteiger partial charge in [0.15, 0.2) is 0 Å². The first-order chi connectivity index (χ1) is 16.1. The monoisotopic (exact) mass is 444 g/mol. The average Bonchev–Trinajstić information content (AvgIpc) is 3.34. The van der Waals surface area contributed by atoms with Crippen molar-refractivity contribution in [3.63, 3.8) is 0 Å². The molecule has 0 spiro atoms. The summed E-state index contributed by atoms with van der Waals surface area (Å²) in [5.74, 6) is -0.162. The molecule has 5 rings (SSSR count). The van der Waals surface area contributed by atoms with Crippen LogP contribution in [0.4, 0.5) is 4.39 Å². The van der Waals surface area contributed by atoms with Gasteiger partial charge in [0.1, 0.15) is 5.82 Å². The molecule has 2 fully saturated rings. The van der Waals surface area contributed by atoms with Gasteiger partial charge in [-0.1, -0.05) is 60.7 Å². The van der Waals surface area contributed by atoms with Crippen LogP contribution in [-0.2, 0) is 9.53 Å².